The number of carboxylic acids is 1. The maximum absolute atomic E-state index is 11.8. The highest BCUT2D eigenvalue weighted by atomic mass is 79.9. The Bertz CT molecular complexity index is 540. The number of halogens is 1. The van der Waals surface area contributed by atoms with E-state index in [0.29, 0.717) is 12.8 Å². The summed E-state index contributed by atoms with van der Waals surface area (Å²) < 4.78 is 1.04. The van der Waals surface area contributed by atoms with Crippen molar-refractivity contribution in [2.75, 3.05) is 0 Å². The summed E-state index contributed by atoms with van der Waals surface area (Å²) in [6.45, 7) is 3.81. The number of aryl methyl sites for hydroxylation is 2. The van der Waals surface area contributed by atoms with E-state index in [9.17, 15) is 9.59 Å². The highest BCUT2D eigenvalue weighted by Gasteiger charge is 2.18. The normalized spacial score (nSPS) is 12.3. The minimum Gasteiger partial charge on any atom is -0.480 e. The molecule has 114 valence electrons. The van der Waals surface area contributed by atoms with Crippen molar-refractivity contribution in [3.05, 3.63) is 46.0 Å². The summed E-state index contributed by atoms with van der Waals surface area (Å²) in [6, 6.07) is 5.07. The number of rotatable bonds is 7. The maximum atomic E-state index is 11.8. The summed E-state index contributed by atoms with van der Waals surface area (Å²) in [5.74, 6) is -1.26. The van der Waals surface area contributed by atoms with Crippen LogP contribution >= 0.6 is 15.9 Å². The van der Waals surface area contributed by atoms with Gasteiger partial charge in [-0.1, -0.05) is 40.2 Å². The van der Waals surface area contributed by atoms with E-state index in [1.807, 2.05) is 32.0 Å². The second kappa shape index (κ2) is 8.62. The molecule has 0 aliphatic rings. The van der Waals surface area contributed by atoms with Crippen LogP contribution < -0.4 is 5.32 Å². The minimum atomic E-state index is -1.01. The quantitative estimate of drug-likeness (QED) is 0.739. The zero-order chi connectivity index (χ0) is 15.8. The second-order valence-electron chi connectivity index (χ2n) is 4.85. The lowest BCUT2D eigenvalue weighted by molar-refractivity contribution is -0.141. The molecule has 1 rings (SSSR count). The van der Waals surface area contributed by atoms with Gasteiger partial charge in [0, 0.05) is 10.9 Å². The zero-order valence-corrected chi connectivity index (χ0v) is 13.8. The van der Waals surface area contributed by atoms with Crippen LogP contribution in [0.25, 0.3) is 0 Å². The fourth-order valence-electron chi connectivity index (χ4n) is 1.88. The molecule has 1 unspecified atom stereocenters. The second-order valence-corrected chi connectivity index (χ2v) is 5.70. The van der Waals surface area contributed by atoms with Gasteiger partial charge in [-0.2, -0.15) is 0 Å². The number of carboxylic acid groups (broad SMARTS) is 1. The number of carbonyl (C=O) groups is 2. The van der Waals surface area contributed by atoms with Gasteiger partial charge in [-0.3, -0.25) is 4.79 Å². The van der Waals surface area contributed by atoms with Gasteiger partial charge in [0.05, 0.1) is 0 Å². The van der Waals surface area contributed by atoms with Gasteiger partial charge in [-0.15, -0.1) is 0 Å². The molecule has 2 N–H and O–H groups in total. The number of hydrogen-bond acceptors (Lipinski definition) is 2. The van der Waals surface area contributed by atoms with Crippen LogP contribution in [0, 0.1) is 6.92 Å². The number of carbonyl (C=O) groups excluding carboxylic acids is 1. The van der Waals surface area contributed by atoms with E-state index < -0.39 is 12.0 Å². The van der Waals surface area contributed by atoms with Crippen molar-refractivity contribution in [3.8, 4) is 0 Å². The molecule has 1 aromatic rings. The van der Waals surface area contributed by atoms with Crippen LogP contribution in [-0.4, -0.2) is 23.0 Å². The number of amides is 1. The molecular formula is C16H20BrNO3. The molecule has 0 spiro atoms. The van der Waals surface area contributed by atoms with Crippen LogP contribution in [-0.2, 0) is 16.0 Å². The first-order valence-electron chi connectivity index (χ1n) is 6.82. The average Bonchev–Trinajstić information content (AvgIpc) is 2.44. The first kappa shape index (κ1) is 17.4. The molecular weight excluding hydrogens is 334 g/mol. The van der Waals surface area contributed by atoms with Crippen molar-refractivity contribution in [2.45, 2.75) is 39.2 Å². The average molecular weight is 354 g/mol. The summed E-state index contributed by atoms with van der Waals surface area (Å²) in [5, 5.41) is 11.6. The van der Waals surface area contributed by atoms with Crippen molar-refractivity contribution in [1.82, 2.24) is 5.32 Å². The zero-order valence-electron chi connectivity index (χ0n) is 12.2. The van der Waals surface area contributed by atoms with Crippen LogP contribution in [0.5, 0.6) is 0 Å². The molecule has 0 heterocycles. The third-order valence-corrected chi connectivity index (χ3v) is 3.99. The monoisotopic (exact) mass is 353 g/mol. The third-order valence-electron chi connectivity index (χ3n) is 3.10. The molecule has 0 bridgehead atoms. The van der Waals surface area contributed by atoms with Crippen LogP contribution in [0.1, 0.15) is 30.9 Å². The summed E-state index contributed by atoms with van der Waals surface area (Å²) in [5.41, 5.74) is 2.18. The highest BCUT2D eigenvalue weighted by molar-refractivity contribution is 9.10. The van der Waals surface area contributed by atoms with E-state index in [4.69, 9.17) is 5.11 Å². The Morgan fingerprint density at radius 1 is 1.43 bits per heavy atom. The molecule has 5 heteroatoms. The number of aliphatic carboxylic acids is 1. The molecule has 0 saturated heterocycles. The van der Waals surface area contributed by atoms with Gasteiger partial charge < -0.3 is 10.4 Å². The fourth-order valence-corrected chi connectivity index (χ4v) is 2.13. The lowest BCUT2D eigenvalue weighted by Crippen LogP contribution is -2.40. The van der Waals surface area contributed by atoms with Gasteiger partial charge in [0.15, 0.2) is 0 Å². The van der Waals surface area contributed by atoms with Gasteiger partial charge in [0.1, 0.15) is 6.04 Å². The summed E-state index contributed by atoms with van der Waals surface area (Å²) in [7, 11) is 0. The number of allylic oxidation sites excluding steroid dienone is 1. The van der Waals surface area contributed by atoms with Crippen molar-refractivity contribution in [3.63, 3.8) is 0 Å². The van der Waals surface area contributed by atoms with Crippen LogP contribution in [0.4, 0.5) is 0 Å². The first-order valence-corrected chi connectivity index (χ1v) is 7.61. The largest absolute Gasteiger partial charge is 0.480 e. The Hall–Kier alpha value is -1.62. The standard InChI is InChI=1S/C16H20BrNO3/c1-3-4-5-14(16(20)21)18-15(19)9-7-12-6-8-13(17)11(2)10-12/h3-4,6,8,10,14H,5,7,9H2,1-2H3,(H,18,19)(H,20,21)/b4-3+. The molecule has 0 aliphatic carbocycles. The van der Waals surface area contributed by atoms with Gasteiger partial charge in [-0.05, 0) is 43.9 Å². The highest BCUT2D eigenvalue weighted by Crippen LogP contribution is 2.17. The van der Waals surface area contributed by atoms with E-state index in [-0.39, 0.29) is 12.3 Å². The predicted octanol–water partition coefficient (Wildman–Crippen LogP) is 3.23. The number of nitrogens with one attached hydrogen (secondary N) is 1. The topological polar surface area (TPSA) is 66.4 Å². The van der Waals surface area contributed by atoms with E-state index in [0.717, 1.165) is 15.6 Å². The van der Waals surface area contributed by atoms with E-state index >= 15 is 0 Å². The third kappa shape index (κ3) is 6.12. The molecule has 1 atom stereocenters. The van der Waals surface area contributed by atoms with Crippen LogP contribution in [0.15, 0.2) is 34.8 Å². The van der Waals surface area contributed by atoms with E-state index in [1.54, 1.807) is 12.2 Å². The molecule has 0 saturated carbocycles. The van der Waals surface area contributed by atoms with Gasteiger partial charge >= 0.3 is 5.97 Å². The Labute approximate surface area is 133 Å². The fraction of sp³-hybridized carbons (Fsp3) is 0.375. The predicted molar refractivity (Wildman–Crippen MR) is 86.2 cm³/mol. The Balaban J connectivity index is 2.52. The summed E-state index contributed by atoms with van der Waals surface area (Å²) >= 11 is 3.43. The Morgan fingerprint density at radius 3 is 2.71 bits per heavy atom. The SMILES string of the molecule is C/C=C/CC(NC(=O)CCc1ccc(Br)c(C)c1)C(=O)O. The van der Waals surface area contributed by atoms with Gasteiger partial charge in [0.25, 0.3) is 0 Å². The summed E-state index contributed by atoms with van der Waals surface area (Å²) in [6.07, 6.45) is 4.68. The molecule has 4 nitrogen and oxygen atoms in total. The Kier molecular flexibility index (Phi) is 7.15. The molecule has 0 fully saturated rings. The van der Waals surface area contributed by atoms with Crippen molar-refractivity contribution in [2.24, 2.45) is 0 Å². The maximum Gasteiger partial charge on any atom is 0.326 e. The lowest BCUT2D eigenvalue weighted by atomic mass is 10.1. The van der Waals surface area contributed by atoms with E-state index in [1.165, 1.54) is 0 Å². The lowest BCUT2D eigenvalue weighted by Gasteiger charge is -2.12. The van der Waals surface area contributed by atoms with E-state index in [2.05, 4.69) is 21.2 Å². The van der Waals surface area contributed by atoms with Gasteiger partial charge in [0.2, 0.25) is 5.91 Å². The first-order chi connectivity index (χ1) is 9.93. The van der Waals surface area contributed by atoms with Crippen LogP contribution in [0.2, 0.25) is 0 Å². The smallest absolute Gasteiger partial charge is 0.326 e. The minimum absolute atomic E-state index is 0.243. The van der Waals surface area contributed by atoms with Gasteiger partial charge in [-0.25, -0.2) is 4.79 Å². The molecule has 21 heavy (non-hydrogen) atoms. The molecule has 0 aliphatic heterocycles. The Morgan fingerprint density at radius 2 is 2.14 bits per heavy atom. The molecule has 0 radical (unpaired) electrons. The molecule has 1 aromatic carbocycles. The van der Waals surface area contributed by atoms with Crippen molar-refractivity contribution >= 4 is 27.8 Å². The summed E-state index contributed by atoms with van der Waals surface area (Å²) in [4.78, 5) is 22.9. The van der Waals surface area contributed by atoms with Crippen LogP contribution in [0.3, 0.4) is 0 Å². The van der Waals surface area contributed by atoms with Crippen molar-refractivity contribution < 1.29 is 14.7 Å². The number of benzene rings is 1. The molecule has 1 amide bonds. The number of hydrogen-bond donors (Lipinski definition) is 2. The van der Waals surface area contributed by atoms with Crippen molar-refractivity contribution in [1.29, 1.82) is 0 Å². The molecule has 0 aromatic heterocycles.